The number of hydrogen-bond donors (Lipinski definition) is 1. The second-order valence-electron chi connectivity index (χ2n) is 7.47. The minimum Gasteiger partial charge on any atom is -0.324 e. The van der Waals surface area contributed by atoms with Gasteiger partial charge in [0.25, 0.3) is 0 Å². The smallest absolute Gasteiger partial charge is 0.230 e. The predicted molar refractivity (Wildman–Crippen MR) is 93.9 cm³/mol. The first-order chi connectivity index (χ1) is 10.4. The molecule has 4 aliphatic carbocycles. The first-order valence-corrected chi connectivity index (χ1v) is 9.38. The van der Waals surface area contributed by atoms with Gasteiger partial charge in [-0.05, 0) is 68.6 Å². The average molecular weight is 403 g/mol. The van der Waals surface area contributed by atoms with E-state index >= 15 is 0 Å². The Morgan fingerprint density at radius 3 is 2.45 bits per heavy atom. The summed E-state index contributed by atoms with van der Waals surface area (Å²) in [5, 5.41) is 4.14. The number of amides is 1. The van der Waals surface area contributed by atoms with Crippen LogP contribution in [-0.4, -0.2) is 10.2 Å². The van der Waals surface area contributed by atoms with Crippen LogP contribution in [0.15, 0.2) is 18.2 Å². The number of hydrogen-bond acceptors (Lipinski definition) is 1. The quantitative estimate of drug-likeness (QED) is 0.634. The fraction of sp³-hybridized carbons (Fsp3) is 0.588. The average Bonchev–Trinajstić information content (AvgIpc) is 2.39. The van der Waals surface area contributed by atoms with Gasteiger partial charge in [-0.1, -0.05) is 39.1 Å². The Morgan fingerprint density at radius 2 is 1.86 bits per heavy atom. The summed E-state index contributed by atoms with van der Waals surface area (Å²) in [6, 6.07) is 5.21. The van der Waals surface area contributed by atoms with Crippen molar-refractivity contribution >= 4 is 50.7 Å². The summed E-state index contributed by atoms with van der Waals surface area (Å²) in [5.74, 6) is 1.51. The van der Waals surface area contributed by atoms with Gasteiger partial charge in [0.1, 0.15) is 0 Å². The second kappa shape index (κ2) is 5.12. The van der Waals surface area contributed by atoms with Crippen LogP contribution < -0.4 is 5.32 Å². The molecule has 5 rings (SSSR count). The molecule has 0 saturated heterocycles. The molecule has 4 aliphatic rings. The van der Waals surface area contributed by atoms with Crippen LogP contribution in [0.2, 0.25) is 10.0 Å². The van der Waals surface area contributed by atoms with Crippen LogP contribution in [0, 0.1) is 17.3 Å². The molecule has 0 aromatic heterocycles. The maximum Gasteiger partial charge on any atom is 0.230 e. The Kier molecular flexibility index (Phi) is 3.56. The maximum atomic E-state index is 13.0. The fourth-order valence-corrected chi connectivity index (χ4v) is 7.17. The van der Waals surface area contributed by atoms with Gasteiger partial charge >= 0.3 is 0 Å². The molecule has 4 saturated carbocycles. The van der Waals surface area contributed by atoms with E-state index in [1.54, 1.807) is 18.2 Å². The lowest BCUT2D eigenvalue weighted by atomic mass is 9.49. The van der Waals surface area contributed by atoms with E-state index in [-0.39, 0.29) is 15.6 Å². The third-order valence-corrected chi connectivity index (χ3v) is 7.13. The van der Waals surface area contributed by atoms with Gasteiger partial charge in [0, 0.05) is 9.35 Å². The lowest BCUT2D eigenvalue weighted by molar-refractivity contribution is -0.138. The standard InChI is InChI=1S/C17H18BrCl2NO/c18-17-7-10-3-11(8-17)6-16(5-10,9-17)15(22)21-14-2-1-12(19)4-13(14)20/h1-2,4,10-11H,3,5-9H2,(H,21,22). The molecule has 4 fully saturated rings. The number of anilines is 1. The van der Waals surface area contributed by atoms with E-state index in [0.29, 0.717) is 27.6 Å². The molecule has 1 aromatic carbocycles. The predicted octanol–water partition coefficient (Wildman–Crippen LogP) is 5.67. The Labute approximate surface area is 149 Å². The Morgan fingerprint density at radius 1 is 1.18 bits per heavy atom. The number of alkyl halides is 1. The molecule has 0 spiro atoms. The van der Waals surface area contributed by atoms with Crippen LogP contribution in [0.25, 0.3) is 0 Å². The summed E-state index contributed by atoms with van der Waals surface area (Å²) in [7, 11) is 0. The van der Waals surface area contributed by atoms with E-state index in [1.165, 1.54) is 19.3 Å². The lowest BCUT2D eigenvalue weighted by Crippen LogP contribution is -2.57. The number of carbonyl (C=O) groups excluding carboxylic acids is 1. The highest BCUT2D eigenvalue weighted by Crippen LogP contribution is 2.64. The highest BCUT2D eigenvalue weighted by Gasteiger charge is 2.59. The first-order valence-electron chi connectivity index (χ1n) is 7.83. The minimum absolute atomic E-state index is 0.134. The van der Waals surface area contributed by atoms with Gasteiger partial charge in [-0.2, -0.15) is 0 Å². The molecule has 118 valence electrons. The van der Waals surface area contributed by atoms with Crippen molar-refractivity contribution < 1.29 is 4.79 Å². The van der Waals surface area contributed by atoms with Crippen molar-refractivity contribution in [2.75, 3.05) is 5.32 Å². The van der Waals surface area contributed by atoms with Crippen molar-refractivity contribution in [1.29, 1.82) is 0 Å². The molecule has 2 atom stereocenters. The fourth-order valence-electron chi connectivity index (χ4n) is 5.26. The largest absolute Gasteiger partial charge is 0.324 e. The van der Waals surface area contributed by atoms with Gasteiger partial charge in [0.05, 0.1) is 16.1 Å². The highest BCUT2D eigenvalue weighted by atomic mass is 79.9. The molecule has 5 heteroatoms. The van der Waals surface area contributed by atoms with E-state index in [0.717, 1.165) is 19.3 Å². The Hall–Kier alpha value is -0.250. The van der Waals surface area contributed by atoms with Crippen molar-refractivity contribution in [3.63, 3.8) is 0 Å². The van der Waals surface area contributed by atoms with Crippen molar-refractivity contribution in [3.05, 3.63) is 28.2 Å². The van der Waals surface area contributed by atoms with Crippen LogP contribution in [-0.2, 0) is 4.79 Å². The van der Waals surface area contributed by atoms with Gasteiger partial charge in [-0.25, -0.2) is 0 Å². The molecular formula is C17H18BrCl2NO. The van der Waals surface area contributed by atoms with Crippen LogP contribution in [0.4, 0.5) is 5.69 Å². The number of nitrogens with one attached hydrogen (secondary N) is 1. The van der Waals surface area contributed by atoms with Crippen molar-refractivity contribution in [2.24, 2.45) is 17.3 Å². The zero-order chi connectivity index (χ0) is 15.5. The highest BCUT2D eigenvalue weighted by molar-refractivity contribution is 9.10. The second-order valence-corrected chi connectivity index (χ2v) is 10.00. The van der Waals surface area contributed by atoms with E-state index in [4.69, 9.17) is 23.2 Å². The van der Waals surface area contributed by atoms with E-state index < -0.39 is 0 Å². The van der Waals surface area contributed by atoms with Gasteiger partial charge < -0.3 is 5.32 Å². The van der Waals surface area contributed by atoms with Crippen molar-refractivity contribution in [1.82, 2.24) is 0 Å². The monoisotopic (exact) mass is 401 g/mol. The topological polar surface area (TPSA) is 29.1 Å². The maximum absolute atomic E-state index is 13.0. The van der Waals surface area contributed by atoms with Crippen LogP contribution in [0.3, 0.4) is 0 Å². The number of rotatable bonds is 2. The molecule has 2 nitrogen and oxygen atoms in total. The van der Waals surface area contributed by atoms with Gasteiger partial charge in [0.15, 0.2) is 0 Å². The lowest BCUT2D eigenvalue weighted by Gasteiger charge is -2.59. The summed E-state index contributed by atoms with van der Waals surface area (Å²) in [4.78, 5) is 13.0. The van der Waals surface area contributed by atoms with Crippen molar-refractivity contribution in [2.45, 2.75) is 42.8 Å². The minimum atomic E-state index is -0.226. The number of halogens is 3. The van der Waals surface area contributed by atoms with Gasteiger partial charge in [-0.3, -0.25) is 4.79 Å². The molecule has 1 aromatic rings. The van der Waals surface area contributed by atoms with Gasteiger partial charge in [0.2, 0.25) is 5.91 Å². The molecular weight excluding hydrogens is 385 g/mol. The third kappa shape index (κ3) is 2.50. The summed E-state index contributed by atoms with van der Waals surface area (Å²) in [5.41, 5.74) is 0.437. The zero-order valence-electron chi connectivity index (χ0n) is 12.2. The zero-order valence-corrected chi connectivity index (χ0v) is 15.3. The first kappa shape index (κ1) is 15.3. The number of benzene rings is 1. The molecule has 22 heavy (non-hydrogen) atoms. The third-order valence-electron chi connectivity index (χ3n) is 5.65. The van der Waals surface area contributed by atoms with Gasteiger partial charge in [-0.15, -0.1) is 0 Å². The summed E-state index contributed by atoms with van der Waals surface area (Å²) in [6.45, 7) is 0. The van der Waals surface area contributed by atoms with E-state index in [9.17, 15) is 4.79 Å². The molecule has 0 radical (unpaired) electrons. The van der Waals surface area contributed by atoms with Crippen molar-refractivity contribution in [3.8, 4) is 0 Å². The summed E-state index contributed by atoms with van der Waals surface area (Å²) in [6.07, 6.45) is 6.73. The van der Waals surface area contributed by atoms with E-state index in [2.05, 4.69) is 21.2 Å². The molecule has 0 heterocycles. The molecule has 4 bridgehead atoms. The molecule has 0 aliphatic heterocycles. The normalized spacial score (nSPS) is 39.0. The van der Waals surface area contributed by atoms with E-state index in [1.807, 2.05) is 0 Å². The van der Waals surface area contributed by atoms with Crippen LogP contribution >= 0.6 is 39.1 Å². The summed E-state index contributed by atoms with van der Waals surface area (Å²) >= 11 is 16.1. The Bertz CT molecular complexity index is 634. The summed E-state index contributed by atoms with van der Waals surface area (Å²) < 4.78 is 0.179. The molecule has 2 unspecified atom stereocenters. The Balaban J connectivity index is 1.60. The SMILES string of the molecule is O=C(Nc1ccc(Cl)cc1Cl)C12CC3CC(CC(Br)(C3)C1)C2. The molecule has 1 amide bonds. The number of carbonyl (C=O) groups is 1. The van der Waals surface area contributed by atoms with Crippen LogP contribution in [0.1, 0.15) is 38.5 Å². The van der Waals surface area contributed by atoms with Crippen LogP contribution in [0.5, 0.6) is 0 Å². The molecule has 1 N–H and O–H groups in total.